The Balaban J connectivity index is 1.94. The van der Waals surface area contributed by atoms with Crippen LogP contribution in [0.2, 0.25) is 0 Å². The number of carbonyl (C=O) groups is 2. The summed E-state index contributed by atoms with van der Waals surface area (Å²) in [6, 6.07) is 6.11. The molecule has 3 aromatic rings. The van der Waals surface area contributed by atoms with E-state index in [1.165, 1.54) is 49.7 Å². The number of pyridine rings is 1. The Hall–Kier alpha value is -3.64. The van der Waals surface area contributed by atoms with Crippen molar-refractivity contribution < 1.29 is 40.4 Å². The van der Waals surface area contributed by atoms with Crippen molar-refractivity contribution in [2.75, 3.05) is 19.9 Å². The number of carbonyl (C=O) groups excluding carboxylic acids is 2. The van der Waals surface area contributed by atoms with Crippen LogP contribution in [0.5, 0.6) is 11.5 Å². The summed E-state index contributed by atoms with van der Waals surface area (Å²) in [6.45, 7) is -0.546. The first kappa shape index (κ1) is 22.6. The van der Waals surface area contributed by atoms with Crippen molar-refractivity contribution in [3.8, 4) is 11.5 Å². The van der Waals surface area contributed by atoms with Gasteiger partial charge in [0.1, 0.15) is 22.5 Å². The van der Waals surface area contributed by atoms with E-state index in [-0.39, 0.29) is 35.6 Å². The molecule has 1 aliphatic heterocycles. The number of aromatic nitrogens is 1. The summed E-state index contributed by atoms with van der Waals surface area (Å²) in [6.07, 6.45) is 1.36. The van der Waals surface area contributed by atoms with Crippen molar-refractivity contribution in [3.05, 3.63) is 65.1 Å². The zero-order chi connectivity index (χ0) is 23.8. The minimum atomic E-state index is -4.72. The fourth-order valence-electron chi connectivity index (χ4n) is 3.43. The largest absolute Gasteiger partial charge is 0.464 e. The van der Waals surface area contributed by atoms with Crippen LogP contribution in [0.4, 0.5) is 8.78 Å². The normalized spacial score (nSPS) is 13.5. The lowest BCUT2D eigenvalue weighted by Gasteiger charge is -2.15. The molecule has 0 unspecified atom stereocenters. The molecule has 0 spiro atoms. The van der Waals surface area contributed by atoms with Crippen molar-refractivity contribution in [1.82, 2.24) is 9.88 Å². The lowest BCUT2D eigenvalue weighted by atomic mass is 10.0. The molecule has 0 atom stereocenters. The second-order valence-corrected chi connectivity index (χ2v) is 8.43. The highest BCUT2D eigenvalue weighted by Crippen LogP contribution is 2.45. The lowest BCUT2D eigenvalue weighted by molar-refractivity contribution is 0.0505. The van der Waals surface area contributed by atoms with Crippen LogP contribution < -0.4 is 8.92 Å². The molecule has 4 rings (SSSR count). The maximum atomic E-state index is 13.3. The monoisotopic (exact) mass is 478 g/mol. The maximum absolute atomic E-state index is 13.3. The SMILES string of the molecule is COCOc1c2c(c(OS(=O)(=O)CF)c3cccnc13)C(=O)N(Cc1ccc(F)cc1)C2=O. The van der Waals surface area contributed by atoms with Gasteiger partial charge in [-0.2, -0.15) is 8.42 Å². The number of halogens is 2. The molecule has 172 valence electrons. The van der Waals surface area contributed by atoms with E-state index >= 15 is 0 Å². The lowest BCUT2D eigenvalue weighted by Crippen LogP contribution is -2.29. The molecule has 1 aliphatic rings. The van der Waals surface area contributed by atoms with E-state index in [1.807, 2.05) is 0 Å². The zero-order valence-electron chi connectivity index (χ0n) is 17.1. The van der Waals surface area contributed by atoms with E-state index in [4.69, 9.17) is 13.7 Å². The highest BCUT2D eigenvalue weighted by molar-refractivity contribution is 7.86. The van der Waals surface area contributed by atoms with Gasteiger partial charge in [-0.15, -0.1) is 0 Å². The van der Waals surface area contributed by atoms with Gasteiger partial charge in [0.2, 0.25) is 6.01 Å². The Morgan fingerprint density at radius 1 is 1.03 bits per heavy atom. The van der Waals surface area contributed by atoms with Crippen molar-refractivity contribution in [2.45, 2.75) is 6.54 Å². The quantitative estimate of drug-likeness (QED) is 0.276. The molecule has 12 heteroatoms. The Kier molecular flexibility index (Phi) is 5.95. The fourth-order valence-corrected chi connectivity index (χ4v) is 3.90. The molecule has 0 N–H and O–H groups in total. The Labute approximate surface area is 186 Å². The number of hydrogen-bond donors (Lipinski definition) is 0. The first-order valence-corrected chi connectivity index (χ1v) is 11.0. The molecule has 0 bridgehead atoms. The van der Waals surface area contributed by atoms with Gasteiger partial charge in [-0.1, -0.05) is 12.1 Å². The van der Waals surface area contributed by atoms with Crippen LogP contribution in [0.3, 0.4) is 0 Å². The van der Waals surface area contributed by atoms with Crippen molar-refractivity contribution in [3.63, 3.8) is 0 Å². The molecule has 2 amide bonds. The van der Waals surface area contributed by atoms with Gasteiger partial charge in [0.25, 0.3) is 11.8 Å². The summed E-state index contributed by atoms with van der Waals surface area (Å²) in [4.78, 5) is 31.6. The fraction of sp³-hybridized carbons (Fsp3) is 0.190. The molecule has 2 heterocycles. The zero-order valence-corrected chi connectivity index (χ0v) is 17.9. The summed E-state index contributed by atoms with van der Waals surface area (Å²) in [5.41, 5.74) is -0.255. The summed E-state index contributed by atoms with van der Waals surface area (Å²) in [5, 5.41) is 0.0177. The van der Waals surface area contributed by atoms with Gasteiger partial charge < -0.3 is 13.7 Å². The topological polar surface area (TPSA) is 112 Å². The standard InChI is InChI=1S/C21H16F2N2O7S/c1-30-11-31-19-16-15(18(32-33(28,29)10-22)14-3-2-8-24-17(14)19)20(26)25(21(16)27)9-12-4-6-13(23)7-5-12/h2-8H,9-11H2,1H3. The van der Waals surface area contributed by atoms with Crippen LogP contribution in [0, 0.1) is 5.82 Å². The smallest absolute Gasteiger partial charge is 0.339 e. The van der Waals surface area contributed by atoms with Crippen LogP contribution in [-0.4, -0.2) is 50.0 Å². The predicted octanol–water partition coefficient (Wildman–Crippen LogP) is 2.79. The van der Waals surface area contributed by atoms with E-state index in [0.717, 1.165) is 4.90 Å². The molecule has 0 saturated heterocycles. The van der Waals surface area contributed by atoms with Crippen molar-refractivity contribution in [2.24, 2.45) is 0 Å². The maximum Gasteiger partial charge on any atom is 0.339 e. The third kappa shape index (κ3) is 4.10. The van der Waals surface area contributed by atoms with E-state index < -0.39 is 45.1 Å². The van der Waals surface area contributed by atoms with Crippen molar-refractivity contribution >= 4 is 32.8 Å². The average molecular weight is 478 g/mol. The van der Waals surface area contributed by atoms with Gasteiger partial charge in [-0.3, -0.25) is 19.5 Å². The molecule has 2 aromatic carbocycles. The average Bonchev–Trinajstić information content (AvgIpc) is 3.05. The molecule has 0 saturated carbocycles. The van der Waals surface area contributed by atoms with Crippen LogP contribution in [0.15, 0.2) is 42.6 Å². The number of imide groups is 1. The highest BCUT2D eigenvalue weighted by Gasteiger charge is 2.44. The van der Waals surface area contributed by atoms with E-state index in [1.54, 1.807) is 0 Å². The van der Waals surface area contributed by atoms with Crippen LogP contribution in [0.1, 0.15) is 26.3 Å². The number of benzene rings is 2. The van der Waals surface area contributed by atoms with Crippen LogP contribution in [-0.2, 0) is 21.4 Å². The molecule has 0 fully saturated rings. The predicted molar refractivity (Wildman–Crippen MR) is 110 cm³/mol. The van der Waals surface area contributed by atoms with Gasteiger partial charge in [0.05, 0.1) is 6.54 Å². The van der Waals surface area contributed by atoms with Gasteiger partial charge in [-0.05, 0) is 29.8 Å². The summed E-state index contributed by atoms with van der Waals surface area (Å²) in [7, 11) is -3.38. The number of fused-ring (bicyclic) bond motifs is 2. The molecule has 9 nitrogen and oxygen atoms in total. The molecule has 1 aromatic heterocycles. The van der Waals surface area contributed by atoms with Crippen LogP contribution in [0.25, 0.3) is 10.9 Å². The third-order valence-electron chi connectivity index (χ3n) is 4.81. The van der Waals surface area contributed by atoms with Crippen molar-refractivity contribution in [1.29, 1.82) is 0 Å². The Bertz CT molecular complexity index is 1360. The number of alkyl halides is 1. The number of ether oxygens (including phenoxy) is 2. The van der Waals surface area contributed by atoms with Gasteiger partial charge in [0, 0.05) is 18.7 Å². The number of rotatable bonds is 8. The van der Waals surface area contributed by atoms with E-state index in [0.29, 0.717) is 5.56 Å². The Morgan fingerprint density at radius 3 is 2.33 bits per heavy atom. The summed E-state index contributed by atoms with van der Waals surface area (Å²) < 4.78 is 65.6. The molecule has 33 heavy (non-hydrogen) atoms. The molecule has 0 aliphatic carbocycles. The van der Waals surface area contributed by atoms with E-state index in [2.05, 4.69) is 4.98 Å². The van der Waals surface area contributed by atoms with Gasteiger partial charge >= 0.3 is 10.1 Å². The Morgan fingerprint density at radius 2 is 1.70 bits per heavy atom. The van der Waals surface area contributed by atoms with Gasteiger partial charge in [0.15, 0.2) is 18.3 Å². The minimum absolute atomic E-state index is 0.0159. The second-order valence-electron chi connectivity index (χ2n) is 6.93. The number of amides is 2. The first-order valence-electron chi connectivity index (χ1n) is 9.42. The molecular formula is C21H16F2N2O7S. The van der Waals surface area contributed by atoms with Gasteiger partial charge in [-0.25, -0.2) is 8.78 Å². The summed E-state index contributed by atoms with van der Waals surface area (Å²) in [5.74, 6) is -2.86. The number of nitrogens with zero attached hydrogens (tertiary/aromatic N) is 2. The minimum Gasteiger partial charge on any atom is -0.464 e. The number of hydrogen-bond acceptors (Lipinski definition) is 8. The molecule has 0 radical (unpaired) electrons. The van der Waals surface area contributed by atoms with Crippen LogP contribution >= 0.6 is 0 Å². The first-order chi connectivity index (χ1) is 15.8. The second kappa shape index (κ2) is 8.71. The molecular weight excluding hydrogens is 462 g/mol. The highest BCUT2D eigenvalue weighted by atomic mass is 32.2. The third-order valence-corrected chi connectivity index (χ3v) is 5.50. The summed E-state index contributed by atoms with van der Waals surface area (Å²) >= 11 is 0. The van der Waals surface area contributed by atoms with E-state index in [9.17, 15) is 26.8 Å². The number of methoxy groups -OCH3 is 1.